The number of nitrogens with two attached hydrogens (primary N) is 1. The van der Waals surface area contributed by atoms with Gasteiger partial charge in [0.15, 0.2) is 6.61 Å². The summed E-state index contributed by atoms with van der Waals surface area (Å²) < 4.78 is 16.4. The van der Waals surface area contributed by atoms with E-state index in [1.54, 1.807) is 12.1 Å². The molecule has 1 aliphatic heterocycles. The average Bonchev–Trinajstić information content (AvgIpc) is 2.95. The van der Waals surface area contributed by atoms with Gasteiger partial charge >= 0.3 is 0 Å². The van der Waals surface area contributed by atoms with E-state index in [1.807, 2.05) is 19.2 Å². The van der Waals surface area contributed by atoms with Gasteiger partial charge in [-0.3, -0.25) is 0 Å². The van der Waals surface area contributed by atoms with Crippen LogP contribution < -0.4 is 10.5 Å². The van der Waals surface area contributed by atoms with Crippen LogP contribution in [0.2, 0.25) is 0 Å². The molecule has 7 heteroatoms. The number of rotatable bonds is 4. The van der Waals surface area contributed by atoms with Crippen molar-refractivity contribution < 1.29 is 14.0 Å². The topological polar surface area (TPSA) is 86.6 Å². The summed E-state index contributed by atoms with van der Waals surface area (Å²) in [6.07, 6.45) is -0.150. The fourth-order valence-corrected chi connectivity index (χ4v) is 2.14. The predicted octanol–water partition coefficient (Wildman–Crippen LogP) is 1.23. The zero-order chi connectivity index (χ0) is 14.7. The van der Waals surface area contributed by atoms with Crippen LogP contribution in [0, 0.1) is 0 Å². The summed E-state index contributed by atoms with van der Waals surface area (Å²) in [4.78, 5) is 6.49. The smallest absolute Gasteiger partial charge is 0.264 e. The highest BCUT2D eigenvalue weighted by Crippen LogP contribution is 2.22. The summed E-state index contributed by atoms with van der Waals surface area (Å²) >= 11 is 0. The average molecular weight is 290 g/mol. The van der Waals surface area contributed by atoms with Gasteiger partial charge < -0.3 is 24.6 Å². The number of benzene rings is 1. The Kier molecular flexibility index (Phi) is 4.03. The summed E-state index contributed by atoms with van der Waals surface area (Å²) in [6.45, 7) is 2.52. The Hall–Kier alpha value is -2.12. The summed E-state index contributed by atoms with van der Waals surface area (Å²) in [5, 5.41) is 3.96. The van der Waals surface area contributed by atoms with E-state index >= 15 is 0 Å². The summed E-state index contributed by atoms with van der Waals surface area (Å²) in [7, 11) is 2.04. The second kappa shape index (κ2) is 6.11. The highest BCUT2D eigenvalue weighted by Gasteiger charge is 2.24. The maximum atomic E-state index is 5.80. The van der Waals surface area contributed by atoms with E-state index < -0.39 is 0 Å². The lowest BCUT2D eigenvalue weighted by molar-refractivity contribution is -0.0264. The van der Waals surface area contributed by atoms with Crippen molar-refractivity contribution in [3.05, 3.63) is 36.0 Å². The minimum absolute atomic E-state index is 0.150. The van der Waals surface area contributed by atoms with Crippen molar-refractivity contribution in [2.24, 2.45) is 0 Å². The molecule has 0 radical (unpaired) electrons. The third-order valence-corrected chi connectivity index (χ3v) is 3.31. The minimum Gasteiger partial charge on any atom is -0.482 e. The number of ether oxygens (including phenoxy) is 2. The normalized spacial score (nSPS) is 19.6. The molecular formula is C14H18N4O3. The van der Waals surface area contributed by atoms with Gasteiger partial charge in [-0.25, -0.2) is 0 Å². The van der Waals surface area contributed by atoms with Crippen LogP contribution in [0.15, 0.2) is 28.8 Å². The van der Waals surface area contributed by atoms with Gasteiger partial charge in [-0.15, -0.1) is 0 Å². The molecule has 0 bridgehead atoms. The van der Waals surface area contributed by atoms with Crippen LogP contribution in [-0.4, -0.2) is 41.8 Å². The van der Waals surface area contributed by atoms with Gasteiger partial charge in [-0.2, -0.15) is 4.98 Å². The molecule has 1 atom stereocenters. The lowest BCUT2D eigenvalue weighted by Gasteiger charge is -2.27. The van der Waals surface area contributed by atoms with Gasteiger partial charge in [-0.1, -0.05) is 17.3 Å². The molecule has 1 aromatic carbocycles. The summed E-state index contributed by atoms with van der Waals surface area (Å²) in [5.41, 5.74) is 6.38. The predicted molar refractivity (Wildman–Crippen MR) is 75.7 cm³/mol. The van der Waals surface area contributed by atoms with Crippen molar-refractivity contribution in [3.8, 4) is 5.75 Å². The van der Waals surface area contributed by atoms with E-state index in [1.165, 1.54) is 0 Å². The third-order valence-electron chi connectivity index (χ3n) is 3.31. The van der Waals surface area contributed by atoms with Crippen LogP contribution in [0.4, 0.5) is 5.69 Å². The molecule has 3 rings (SSSR count). The zero-order valence-electron chi connectivity index (χ0n) is 11.9. The minimum atomic E-state index is -0.150. The summed E-state index contributed by atoms with van der Waals surface area (Å²) in [5.74, 6) is 1.57. The molecule has 112 valence electrons. The van der Waals surface area contributed by atoms with Gasteiger partial charge in [-0.05, 0) is 19.2 Å². The zero-order valence-corrected chi connectivity index (χ0v) is 11.9. The van der Waals surface area contributed by atoms with Crippen molar-refractivity contribution >= 4 is 5.69 Å². The first-order valence-electron chi connectivity index (χ1n) is 6.82. The van der Waals surface area contributed by atoms with E-state index in [0.29, 0.717) is 29.8 Å². The van der Waals surface area contributed by atoms with Crippen molar-refractivity contribution in [1.82, 2.24) is 15.0 Å². The molecule has 1 saturated heterocycles. The van der Waals surface area contributed by atoms with Gasteiger partial charge in [0.05, 0.1) is 12.3 Å². The summed E-state index contributed by atoms with van der Waals surface area (Å²) in [6, 6.07) is 7.28. The number of morpholine rings is 1. The molecule has 1 fully saturated rings. The molecular weight excluding hydrogens is 272 g/mol. The third kappa shape index (κ3) is 3.32. The van der Waals surface area contributed by atoms with E-state index in [9.17, 15) is 0 Å². The Bertz CT molecular complexity index is 601. The Morgan fingerprint density at radius 1 is 1.43 bits per heavy atom. The number of para-hydroxylation sites is 2. The molecule has 1 aliphatic rings. The van der Waals surface area contributed by atoms with Gasteiger partial charge in [0, 0.05) is 13.1 Å². The number of aromatic nitrogens is 2. The maximum Gasteiger partial charge on any atom is 0.264 e. The largest absolute Gasteiger partial charge is 0.482 e. The molecule has 0 amide bonds. The van der Waals surface area contributed by atoms with Crippen LogP contribution in [0.1, 0.15) is 17.8 Å². The number of nitrogen functional groups attached to an aromatic ring is 1. The Morgan fingerprint density at radius 3 is 3.10 bits per heavy atom. The lowest BCUT2D eigenvalue weighted by atomic mass is 10.3. The van der Waals surface area contributed by atoms with E-state index in [4.69, 9.17) is 19.7 Å². The highest BCUT2D eigenvalue weighted by molar-refractivity contribution is 5.51. The Morgan fingerprint density at radius 2 is 2.29 bits per heavy atom. The Labute approximate surface area is 122 Å². The monoisotopic (exact) mass is 290 g/mol. The van der Waals surface area contributed by atoms with Crippen LogP contribution in [0.5, 0.6) is 5.75 Å². The van der Waals surface area contributed by atoms with Gasteiger partial charge in [0.1, 0.15) is 11.9 Å². The van der Waals surface area contributed by atoms with Gasteiger partial charge in [0.25, 0.3) is 5.89 Å². The number of anilines is 1. The van der Waals surface area contributed by atoms with Crippen LogP contribution in [-0.2, 0) is 11.3 Å². The van der Waals surface area contributed by atoms with E-state index in [-0.39, 0.29) is 12.7 Å². The van der Waals surface area contributed by atoms with Crippen LogP contribution in [0.25, 0.3) is 0 Å². The fraction of sp³-hybridized carbons (Fsp3) is 0.429. The number of likely N-dealkylation sites (N-methyl/N-ethyl adjacent to an activating group) is 1. The van der Waals surface area contributed by atoms with Crippen molar-refractivity contribution in [1.29, 1.82) is 0 Å². The molecule has 7 nitrogen and oxygen atoms in total. The second-order valence-corrected chi connectivity index (χ2v) is 4.99. The first-order chi connectivity index (χ1) is 10.2. The van der Waals surface area contributed by atoms with Crippen LogP contribution >= 0.6 is 0 Å². The van der Waals surface area contributed by atoms with E-state index in [2.05, 4.69) is 15.0 Å². The molecule has 0 spiro atoms. The van der Waals surface area contributed by atoms with Crippen LogP contribution in [0.3, 0.4) is 0 Å². The quantitative estimate of drug-likeness (QED) is 0.847. The molecule has 2 N–H and O–H groups in total. The molecule has 0 aliphatic carbocycles. The molecule has 1 unspecified atom stereocenters. The highest BCUT2D eigenvalue weighted by atomic mass is 16.5. The van der Waals surface area contributed by atoms with Crippen molar-refractivity contribution in [2.75, 3.05) is 32.5 Å². The molecule has 2 heterocycles. The number of hydrogen-bond acceptors (Lipinski definition) is 7. The second-order valence-electron chi connectivity index (χ2n) is 4.99. The molecule has 1 aromatic heterocycles. The van der Waals surface area contributed by atoms with E-state index in [0.717, 1.165) is 13.1 Å². The first kappa shape index (κ1) is 13.8. The lowest BCUT2D eigenvalue weighted by Crippen LogP contribution is -2.35. The number of nitrogens with zero attached hydrogens (tertiary/aromatic N) is 3. The first-order valence-corrected chi connectivity index (χ1v) is 6.82. The standard InChI is InChI=1S/C14H18N4O3/c1-18-6-7-19-12(8-18)14-16-13(21-17-14)9-20-11-5-3-2-4-10(11)15/h2-5,12H,6-9,15H2,1H3. The Balaban J connectivity index is 1.61. The maximum absolute atomic E-state index is 5.80. The fourth-order valence-electron chi connectivity index (χ4n) is 2.14. The SMILES string of the molecule is CN1CCOC(c2noc(COc3ccccc3N)n2)C1. The molecule has 21 heavy (non-hydrogen) atoms. The molecule has 2 aromatic rings. The van der Waals surface area contributed by atoms with Gasteiger partial charge in [0.2, 0.25) is 5.82 Å². The van der Waals surface area contributed by atoms with Crippen molar-refractivity contribution in [3.63, 3.8) is 0 Å². The van der Waals surface area contributed by atoms with Crippen molar-refractivity contribution in [2.45, 2.75) is 12.7 Å². The number of hydrogen-bond donors (Lipinski definition) is 1. The molecule has 0 saturated carbocycles.